The van der Waals surface area contributed by atoms with Gasteiger partial charge in [0.15, 0.2) is 0 Å². The molecule has 0 saturated carbocycles. The molecule has 8 heteroatoms. The number of anilines is 1. The Labute approximate surface area is 148 Å². The summed E-state index contributed by atoms with van der Waals surface area (Å²) in [6.45, 7) is 4.30. The van der Waals surface area contributed by atoms with Crippen molar-refractivity contribution in [2.75, 3.05) is 18.4 Å². The van der Waals surface area contributed by atoms with Gasteiger partial charge < -0.3 is 10.2 Å². The number of hydrogen-bond acceptors (Lipinski definition) is 4. The molecular formula is C17H25N3O4S. The Balaban J connectivity index is 2.03. The molecule has 2 N–H and O–H groups in total. The Morgan fingerprint density at radius 3 is 2.12 bits per heavy atom. The number of likely N-dealkylation sites (tertiary alicyclic amines) is 1. The molecule has 0 spiro atoms. The maximum absolute atomic E-state index is 12.5. The summed E-state index contributed by atoms with van der Waals surface area (Å²) in [6, 6.07) is 5.00. The van der Waals surface area contributed by atoms with E-state index in [1.54, 1.807) is 11.8 Å². The monoisotopic (exact) mass is 367 g/mol. The Kier molecular flexibility index (Phi) is 6.55. The number of carbonyl (C=O) groups is 2. The standard InChI is InChI=1S/C17H25N3O4S/c1-13(17(22)20-11-5-3-4-6-12-20)19-25(23,24)16-9-7-15(8-10-16)18-14(2)21/h7-10,13,19H,3-6,11-12H2,1-2H3,(H,18,21)/t13-/m0/s1. The maximum Gasteiger partial charge on any atom is 0.241 e. The van der Waals surface area contributed by atoms with E-state index < -0.39 is 16.1 Å². The van der Waals surface area contributed by atoms with E-state index in [2.05, 4.69) is 10.0 Å². The fourth-order valence-corrected chi connectivity index (χ4v) is 4.03. The highest BCUT2D eigenvalue weighted by Crippen LogP contribution is 2.15. The second-order valence-electron chi connectivity index (χ2n) is 6.29. The van der Waals surface area contributed by atoms with E-state index in [0.29, 0.717) is 18.8 Å². The second-order valence-corrected chi connectivity index (χ2v) is 8.00. The van der Waals surface area contributed by atoms with Gasteiger partial charge in [-0.05, 0) is 44.0 Å². The lowest BCUT2D eigenvalue weighted by Gasteiger charge is -2.24. The van der Waals surface area contributed by atoms with Crippen molar-refractivity contribution in [3.8, 4) is 0 Å². The molecule has 1 atom stereocenters. The summed E-state index contributed by atoms with van der Waals surface area (Å²) < 4.78 is 27.4. The normalized spacial score (nSPS) is 16.8. The highest BCUT2D eigenvalue weighted by molar-refractivity contribution is 7.89. The second kappa shape index (κ2) is 8.44. The average molecular weight is 367 g/mol. The SMILES string of the molecule is CC(=O)Nc1ccc(S(=O)(=O)N[C@@H](C)C(=O)N2CCCCCC2)cc1. The van der Waals surface area contributed by atoms with Gasteiger partial charge in [-0.15, -0.1) is 0 Å². The summed E-state index contributed by atoms with van der Waals surface area (Å²) in [7, 11) is -3.81. The van der Waals surface area contributed by atoms with Gasteiger partial charge in [-0.3, -0.25) is 9.59 Å². The van der Waals surface area contributed by atoms with Crippen molar-refractivity contribution in [2.24, 2.45) is 0 Å². The summed E-state index contributed by atoms with van der Waals surface area (Å²) in [5, 5.41) is 2.58. The highest BCUT2D eigenvalue weighted by Gasteiger charge is 2.26. The van der Waals surface area contributed by atoms with Crippen molar-refractivity contribution >= 4 is 27.5 Å². The van der Waals surface area contributed by atoms with Gasteiger partial charge in [-0.1, -0.05) is 12.8 Å². The number of carbonyl (C=O) groups excluding carboxylic acids is 2. The molecule has 1 aliphatic rings. The van der Waals surface area contributed by atoms with Gasteiger partial charge in [0.1, 0.15) is 0 Å². The lowest BCUT2D eigenvalue weighted by atomic mass is 10.2. The van der Waals surface area contributed by atoms with Crippen LogP contribution in [-0.2, 0) is 19.6 Å². The zero-order valence-electron chi connectivity index (χ0n) is 14.6. The molecule has 1 aromatic carbocycles. The molecular weight excluding hydrogens is 342 g/mol. The minimum Gasteiger partial charge on any atom is -0.341 e. The van der Waals surface area contributed by atoms with E-state index in [4.69, 9.17) is 0 Å². The van der Waals surface area contributed by atoms with Crippen molar-refractivity contribution < 1.29 is 18.0 Å². The first-order valence-corrected chi connectivity index (χ1v) is 9.97. The molecule has 2 amide bonds. The van der Waals surface area contributed by atoms with Gasteiger partial charge in [-0.25, -0.2) is 8.42 Å². The maximum atomic E-state index is 12.5. The van der Waals surface area contributed by atoms with Crippen molar-refractivity contribution in [1.82, 2.24) is 9.62 Å². The van der Waals surface area contributed by atoms with Crippen LogP contribution in [0.3, 0.4) is 0 Å². The largest absolute Gasteiger partial charge is 0.341 e. The number of rotatable bonds is 5. The molecule has 2 rings (SSSR count). The Hall–Kier alpha value is -1.93. The van der Waals surface area contributed by atoms with Crippen LogP contribution in [0.4, 0.5) is 5.69 Å². The quantitative estimate of drug-likeness (QED) is 0.828. The lowest BCUT2D eigenvalue weighted by molar-refractivity contribution is -0.132. The van der Waals surface area contributed by atoms with Gasteiger partial charge in [0, 0.05) is 25.7 Å². The third-order valence-electron chi connectivity index (χ3n) is 4.11. The molecule has 7 nitrogen and oxygen atoms in total. The number of nitrogens with one attached hydrogen (secondary N) is 2. The number of hydrogen-bond donors (Lipinski definition) is 2. The van der Waals surface area contributed by atoms with Gasteiger partial charge in [0.25, 0.3) is 0 Å². The molecule has 0 unspecified atom stereocenters. The fourth-order valence-electron chi connectivity index (χ4n) is 2.84. The molecule has 0 aromatic heterocycles. The lowest BCUT2D eigenvalue weighted by Crippen LogP contribution is -2.47. The molecule has 25 heavy (non-hydrogen) atoms. The van der Waals surface area contributed by atoms with Gasteiger partial charge in [0.2, 0.25) is 21.8 Å². The van der Waals surface area contributed by atoms with Gasteiger partial charge in [0.05, 0.1) is 10.9 Å². The molecule has 1 saturated heterocycles. The smallest absolute Gasteiger partial charge is 0.241 e. The Bertz CT molecular complexity index is 708. The van der Waals surface area contributed by atoms with Crippen molar-refractivity contribution in [3.63, 3.8) is 0 Å². The van der Waals surface area contributed by atoms with Crippen LogP contribution in [0, 0.1) is 0 Å². The van der Waals surface area contributed by atoms with Gasteiger partial charge in [-0.2, -0.15) is 4.72 Å². The summed E-state index contributed by atoms with van der Waals surface area (Å²) in [6.07, 6.45) is 4.11. The highest BCUT2D eigenvalue weighted by atomic mass is 32.2. The van der Waals surface area contributed by atoms with Crippen LogP contribution in [0.1, 0.15) is 39.5 Å². The van der Waals surface area contributed by atoms with E-state index in [1.165, 1.54) is 31.2 Å². The Morgan fingerprint density at radius 2 is 1.60 bits per heavy atom. The van der Waals surface area contributed by atoms with Crippen molar-refractivity contribution in [2.45, 2.75) is 50.5 Å². The van der Waals surface area contributed by atoms with E-state index in [9.17, 15) is 18.0 Å². The van der Waals surface area contributed by atoms with Crippen LogP contribution in [0.5, 0.6) is 0 Å². The topological polar surface area (TPSA) is 95.6 Å². The van der Waals surface area contributed by atoms with Gasteiger partial charge >= 0.3 is 0 Å². The molecule has 0 radical (unpaired) electrons. The summed E-state index contributed by atoms with van der Waals surface area (Å²) in [5.41, 5.74) is 0.514. The van der Waals surface area contributed by atoms with E-state index in [0.717, 1.165) is 25.7 Å². The molecule has 1 heterocycles. The zero-order valence-corrected chi connectivity index (χ0v) is 15.4. The predicted molar refractivity (Wildman–Crippen MR) is 95.6 cm³/mol. The molecule has 1 aromatic rings. The minimum absolute atomic E-state index is 0.0529. The predicted octanol–water partition coefficient (Wildman–Crippen LogP) is 1.71. The van der Waals surface area contributed by atoms with Crippen LogP contribution in [-0.4, -0.2) is 44.3 Å². The summed E-state index contributed by atoms with van der Waals surface area (Å²) in [5.74, 6) is -0.425. The fraction of sp³-hybridized carbons (Fsp3) is 0.529. The van der Waals surface area contributed by atoms with Crippen LogP contribution < -0.4 is 10.0 Å². The first-order valence-electron chi connectivity index (χ1n) is 8.48. The zero-order chi connectivity index (χ0) is 18.4. The molecule has 1 aliphatic heterocycles. The first-order chi connectivity index (χ1) is 11.8. The van der Waals surface area contributed by atoms with Crippen LogP contribution in [0.2, 0.25) is 0 Å². The van der Waals surface area contributed by atoms with E-state index in [-0.39, 0.29) is 16.7 Å². The summed E-state index contributed by atoms with van der Waals surface area (Å²) >= 11 is 0. The number of amides is 2. The number of sulfonamides is 1. The Morgan fingerprint density at radius 1 is 1.04 bits per heavy atom. The van der Waals surface area contributed by atoms with Crippen LogP contribution >= 0.6 is 0 Å². The average Bonchev–Trinajstić information content (AvgIpc) is 2.83. The molecule has 1 fully saturated rings. The van der Waals surface area contributed by atoms with E-state index >= 15 is 0 Å². The summed E-state index contributed by atoms with van der Waals surface area (Å²) in [4.78, 5) is 25.3. The van der Waals surface area contributed by atoms with Crippen LogP contribution in [0.15, 0.2) is 29.2 Å². The van der Waals surface area contributed by atoms with Crippen molar-refractivity contribution in [3.05, 3.63) is 24.3 Å². The third-order valence-corrected chi connectivity index (χ3v) is 5.66. The van der Waals surface area contributed by atoms with E-state index in [1.807, 2.05) is 0 Å². The molecule has 0 aliphatic carbocycles. The minimum atomic E-state index is -3.81. The van der Waals surface area contributed by atoms with Crippen LogP contribution in [0.25, 0.3) is 0 Å². The molecule has 0 bridgehead atoms. The first kappa shape index (κ1) is 19.4. The molecule has 138 valence electrons. The number of benzene rings is 1. The van der Waals surface area contributed by atoms with Crippen molar-refractivity contribution in [1.29, 1.82) is 0 Å². The third kappa shape index (κ3) is 5.54. The number of nitrogens with zero attached hydrogens (tertiary/aromatic N) is 1.